The summed E-state index contributed by atoms with van der Waals surface area (Å²) >= 11 is 1.49. The van der Waals surface area contributed by atoms with Gasteiger partial charge in [0.05, 0.1) is 12.0 Å². The van der Waals surface area contributed by atoms with Crippen LogP contribution in [0.3, 0.4) is 0 Å². The molecule has 2 aromatic rings. The predicted octanol–water partition coefficient (Wildman–Crippen LogP) is 1.99. The van der Waals surface area contributed by atoms with Gasteiger partial charge in [-0.15, -0.1) is 5.10 Å². The lowest BCUT2D eigenvalue weighted by Gasteiger charge is -1.97. The Morgan fingerprint density at radius 1 is 1.47 bits per heavy atom. The average Bonchev–Trinajstić information content (AvgIpc) is 2.69. The zero-order valence-electron chi connectivity index (χ0n) is 10.0. The molecule has 0 unspecified atom stereocenters. The van der Waals surface area contributed by atoms with E-state index in [9.17, 15) is 0 Å². The largest absolute Gasteiger partial charge is 0.253 e. The Bertz CT molecular complexity index is 583. The van der Waals surface area contributed by atoms with Crippen LogP contribution in [-0.4, -0.2) is 25.3 Å². The van der Waals surface area contributed by atoms with Crippen LogP contribution < -0.4 is 0 Å². The third-order valence-corrected chi connectivity index (χ3v) is 3.38. The van der Waals surface area contributed by atoms with Gasteiger partial charge < -0.3 is 0 Å². The van der Waals surface area contributed by atoms with Crippen LogP contribution in [0.4, 0.5) is 0 Å². The van der Waals surface area contributed by atoms with Crippen LogP contribution in [0.25, 0.3) is 5.78 Å². The minimum absolute atomic E-state index is 0.00223. The number of hydrogen-bond acceptors (Lipinski definition) is 5. The normalized spacial score (nSPS) is 12.6. The maximum absolute atomic E-state index is 8.71. The standard InChI is InChI=1S/C11H13N5S/c1-7(5-12)6-17-11-14-10-13-8(2)4-9(3)16(10)15-11/h4,7H,6H2,1-3H3/t7-/m0/s1. The van der Waals surface area contributed by atoms with Crippen molar-refractivity contribution in [3.63, 3.8) is 0 Å². The van der Waals surface area contributed by atoms with Crippen molar-refractivity contribution in [1.82, 2.24) is 19.6 Å². The monoisotopic (exact) mass is 247 g/mol. The summed E-state index contributed by atoms with van der Waals surface area (Å²) in [4.78, 5) is 8.65. The molecule has 17 heavy (non-hydrogen) atoms. The molecule has 0 fully saturated rings. The van der Waals surface area contributed by atoms with Gasteiger partial charge in [-0.1, -0.05) is 11.8 Å². The fraction of sp³-hybridized carbons (Fsp3) is 0.455. The number of fused-ring (bicyclic) bond motifs is 1. The van der Waals surface area contributed by atoms with Crippen LogP contribution in [0.2, 0.25) is 0 Å². The third-order valence-electron chi connectivity index (χ3n) is 2.28. The van der Waals surface area contributed by atoms with E-state index in [-0.39, 0.29) is 5.92 Å². The van der Waals surface area contributed by atoms with E-state index in [1.54, 1.807) is 4.52 Å². The van der Waals surface area contributed by atoms with Gasteiger partial charge in [0.15, 0.2) is 0 Å². The first-order chi connectivity index (χ1) is 8.10. The van der Waals surface area contributed by atoms with Crippen LogP contribution in [-0.2, 0) is 0 Å². The molecule has 6 heteroatoms. The molecule has 0 aliphatic heterocycles. The molecule has 2 aromatic heterocycles. The number of hydrogen-bond donors (Lipinski definition) is 0. The van der Waals surface area contributed by atoms with Crippen LogP contribution in [0.15, 0.2) is 11.2 Å². The molecule has 0 aliphatic carbocycles. The molecule has 0 saturated carbocycles. The number of thioether (sulfide) groups is 1. The first-order valence-corrected chi connectivity index (χ1v) is 6.32. The smallest absolute Gasteiger partial charge is 0.216 e. The van der Waals surface area contributed by atoms with Gasteiger partial charge >= 0.3 is 0 Å². The van der Waals surface area contributed by atoms with Crippen LogP contribution in [0, 0.1) is 31.1 Å². The van der Waals surface area contributed by atoms with Gasteiger partial charge in [-0.2, -0.15) is 10.2 Å². The number of aryl methyl sites for hydroxylation is 2. The van der Waals surface area contributed by atoms with E-state index < -0.39 is 0 Å². The van der Waals surface area contributed by atoms with E-state index in [1.165, 1.54) is 11.8 Å². The van der Waals surface area contributed by atoms with Crippen molar-refractivity contribution in [3.8, 4) is 6.07 Å². The summed E-state index contributed by atoms with van der Waals surface area (Å²) in [5.41, 5.74) is 1.95. The molecule has 0 radical (unpaired) electrons. The summed E-state index contributed by atoms with van der Waals surface area (Å²) in [6, 6.07) is 4.16. The van der Waals surface area contributed by atoms with Crippen molar-refractivity contribution in [1.29, 1.82) is 5.26 Å². The molecule has 0 saturated heterocycles. The van der Waals surface area contributed by atoms with Crippen molar-refractivity contribution in [2.24, 2.45) is 5.92 Å². The Hall–Kier alpha value is -1.61. The van der Waals surface area contributed by atoms with Gasteiger partial charge in [0, 0.05) is 17.1 Å². The fourth-order valence-electron chi connectivity index (χ4n) is 1.45. The molecule has 2 heterocycles. The van der Waals surface area contributed by atoms with E-state index >= 15 is 0 Å². The van der Waals surface area contributed by atoms with Gasteiger partial charge in [-0.3, -0.25) is 0 Å². The topological polar surface area (TPSA) is 66.9 Å². The second-order valence-corrected chi connectivity index (χ2v) is 4.97. The SMILES string of the molecule is Cc1cc(C)n2nc(SC[C@@H](C)C#N)nc2n1. The van der Waals surface area contributed by atoms with Crippen molar-refractivity contribution in [3.05, 3.63) is 17.5 Å². The molecule has 2 rings (SSSR count). The molecule has 1 atom stereocenters. The summed E-state index contributed by atoms with van der Waals surface area (Å²) in [5.74, 6) is 1.32. The van der Waals surface area contributed by atoms with Crippen molar-refractivity contribution in [2.75, 3.05) is 5.75 Å². The van der Waals surface area contributed by atoms with E-state index in [1.807, 2.05) is 26.8 Å². The highest BCUT2D eigenvalue weighted by Crippen LogP contribution is 2.17. The zero-order chi connectivity index (χ0) is 12.4. The third kappa shape index (κ3) is 2.56. The highest BCUT2D eigenvalue weighted by Gasteiger charge is 2.09. The maximum Gasteiger partial charge on any atom is 0.253 e. The Kier molecular flexibility index (Phi) is 3.29. The highest BCUT2D eigenvalue weighted by atomic mass is 32.2. The fourth-order valence-corrected chi connectivity index (χ4v) is 2.21. The number of nitriles is 1. The van der Waals surface area contributed by atoms with Crippen molar-refractivity contribution < 1.29 is 0 Å². The average molecular weight is 247 g/mol. The molecule has 0 aliphatic rings. The number of rotatable bonds is 3. The summed E-state index contributed by atoms with van der Waals surface area (Å²) in [6.45, 7) is 5.80. The Labute approximate surface area is 104 Å². The minimum Gasteiger partial charge on any atom is -0.216 e. The molecule has 0 N–H and O–H groups in total. The minimum atomic E-state index is 0.00223. The van der Waals surface area contributed by atoms with Gasteiger partial charge in [0.1, 0.15) is 0 Å². The van der Waals surface area contributed by atoms with Crippen molar-refractivity contribution >= 4 is 17.5 Å². The molecule has 0 aromatic carbocycles. The van der Waals surface area contributed by atoms with Gasteiger partial charge in [-0.25, -0.2) is 9.50 Å². The first kappa shape index (κ1) is 11.9. The first-order valence-electron chi connectivity index (χ1n) is 5.33. The Morgan fingerprint density at radius 3 is 2.94 bits per heavy atom. The number of nitrogens with zero attached hydrogens (tertiary/aromatic N) is 5. The predicted molar refractivity (Wildman–Crippen MR) is 65.8 cm³/mol. The molecule has 88 valence electrons. The molecular weight excluding hydrogens is 234 g/mol. The Balaban J connectivity index is 2.26. The van der Waals surface area contributed by atoms with E-state index in [0.29, 0.717) is 16.7 Å². The quantitative estimate of drug-likeness (QED) is 0.776. The lowest BCUT2D eigenvalue weighted by molar-refractivity contribution is 0.832. The summed E-state index contributed by atoms with van der Waals surface area (Å²) < 4.78 is 1.73. The van der Waals surface area contributed by atoms with Crippen LogP contribution in [0.1, 0.15) is 18.3 Å². The zero-order valence-corrected chi connectivity index (χ0v) is 10.8. The lowest BCUT2D eigenvalue weighted by Crippen LogP contribution is -1.97. The van der Waals surface area contributed by atoms with Crippen molar-refractivity contribution in [2.45, 2.75) is 25.9 Å². The molecular formula is C11H13N5S. The molecule has 0 bridgehead atoms. The molecule has 5 nitrogen and oxygen atoms in total. The summed E-state index contributed by atoms with van der Waals surface area (Å²) in [6.07, 6.45) is 0. The highest BCUT2D eigenvalue weighted by molar-refractivity contribution is 7.99. The van der Waals surface area contributed by atoms with Gasteiger partial charge in [-0.05, 0) is 26.8 Å². The summed E-state index contributed by atoms with van der Waals surface area (Å²) in [7, 11) is 0. The van der Waals surface area contributed by atoms with Crippen LogP contribution in [0.5, 0.6) is 0 Å². The van der Waals surface area contributed by atoms with Gasteiger partial charge in [0.2, 0.25) is 5.16 Å². The maximum atomic E-state index is 8.71. The van der Waals surface area contributed by atoms with E-state index in [4.69, 9.17) is 5.26 Å². The van der Waals surface area contributed by atoms with Crippen LogP contribution >= 0.6 is 11.8 Å². The molecule has 0 amide bonds. The Morgan fingerprint density at radius 2 is 2.24 bits per heavy atom. The van der Waals surface area contributed by atoms with Gasteiger partial charge in [0.25, 0.3) is 5.78 Å². The second-order valence-electron chi connectivity index (χ2n) is 3.99. The van der Waals surface area contributed by atoms with E-state index in [0.717, 1.165) is 11.4 Å². The summed E-state index contributed by atoms with van der Waals surface area (Å²) in [5, 5.41) is 13.7. The molecule has 0 spiro atoms. The van der Waals surface area contributed by atoms with E-state index in [2.05, 4.69) is 21.1 Å². The lowest BCUT2D eigenvalue weighted by atomic mass is 10.3. The number of aromatic nitrogens is 4. The second kappa shape index (κ2) is 4.72.